The molecule has 1 unspecified atom stereocenters. The Morgan fingerprint density at radius 3 is 2.38 bits per heavy atom. The van der Waals surface area contributed by atoms with Gasteiger partial charge in [0, 0.05) is 19.0 Å². The van der Waals surface area contributed by atoms with E-state index in [9.17, 15) is 19.5 Å². The van der Waals surface area contributed by atoms with Gasteiger partial charge < -0.3 is 14.6 Å². The standard InChI is InChI=1S/C22H21NO6/c1-4-18(25)19-20(14-6-5-7-17(12-14)29-13(2)24)23(22(27)21(19)26)15-8-10-16(28-3)11-9-15/h5-12,20,26H,4H2,1-3H3. The molecule has 2 aromatic carbocycles. The van der Waals surface area contributed by atoms with Gasteiger partial charge in [-0.2, -0.15) is 0 Å². The molecule has 1 heterocycles. The molecule has 0 spiro atoms. The number of carbonyl (C=O) groups excluding carboxylic acids is 3. The van der Waals surface area contributed by atoms with E-state index in [0.29, 0.717) is 17.0 Å². The van der Waals surface area contributed by atoms with Crippen LogP contribution >= 0.6 is 0 Å². The quantitative estimate of drug-likeness (QED) is 0.594. The summed E-state index contributed by atoms with van der Waals surface area (Å²) in [5.41, 5.74) is 1.05. The number of hydrogen-bond acceptors (Lipinski definition) is 6. The van der Waals surface area contributed by atoms with Crippen molar-refractivity contribution in [3.8, 4) is 11.5 Å². The van der Waals surface area contributed by atoms with E-state index in [2.05, 4.69) is 0 Å². The number of esters is 1. The van der Waals surface area contributed by atoms with Gasteiger partial charge in [-0.25, -0.2) is 0 Å². The minimum absolute atomic E-state index is 0.0216. The highest BCUT2D eigenvalue weighted by Gasteiger charge is 2.43. The molecule has 1 atom stereocenters. The van der Waals surface area contributed by atoms with Crippen molar-refractivity contribution in [2.24, 2.45) is 0 Å². The number of aliphatic hydroxyl groups excluding tert-OH is 1. The van der Waals surface area contributed by atoms with Crippen LogP contribution in [0.2, 0.25) is 0 Å². The lowest BCUT2D eigenvalue weighted by molar-refractivity contribution is -0.132. The number of carbonyl (C=O) groups is 3. The van der Waals surface area contributed by atoms with Gasteiger partial charge in [0.25, 0.3) is 5.91 Å². The van der Waals surface area contributed by atoms with Gasteiger partial charge >= 0.3 is 5.97 Å². The third kappa shape index (κ3) is 3.85. The molecule has 1 N–H and O–H groups in total. The minimum atomic E-state index is -0.848. The number of aliphatic hydroxyl groups is 1. The van der Waals surface area contributed by atoms with E-state index in [1.807, 2.05) is 0 Å². The summed E-state index contributed by atoms with van der Waals surface area (Å²) in [6.45, 7) is 2.95. The molecule has 0 fully saturated rings. The molecular formula is C22H21NO6. The average molecular weight is 395 g/mol. The van der Waals surface area contributed by atoms with E-state index >= 15 is 0 Å². The van der Waals surface area contributed by atoms with Gasteiger partial charge in [0.1, 0.15) is 11.5 Å². The van der Waals surface area contributed by atoms with E-state index in [0.717, 1.165) is 0 Å². The maximum atomic E-state index is 12.9. The number of anilines is 1. The molecule has 3 rings (SSSR count). The zero-order chi connectivity index (χ0) is 21.1. The van der Waals surface area contributed by atoms with Crippen LogP contribution in [0.4, 0.5) is 5.69 Å². The van der Waals surface area contributed by atoms with E-state index in [1.165, 1.54) is 18.9 Å². The second kappa shape index (κ2) is 8.18. The van der Waals surface area contributed by atoms with Crippen LogP contribution in [0.3, 0.4) is 0 Å². The molecule has 150 valence electrons. The zero-order valence-corrected chi connectivity index (χ0v) is 16.3. The van der Waals surface area contributed by atoms with Crippen molar-refractivity contribution in [1.82, 2.24) is 0 Å². The summed E-state index contributed by atoms with van der Waals surface area (Å²) in [7, 11) is 1.53. The zero-order valence-electron chi connectivity index (χ0n) is 16.3. The van der Waals surface area contributed by atoms with Crippen LogP contribution in [0.5, 0.6) is 11.5 Å². The molecule has 0 saturated heterocycles. The third-order valence-corrected chi connectivity index (χ3v) is 4.62. The maximum absolute atomic E-state index is 12.9. The maximum Gasteiger partial charge on any atom is 0.308 e. The first-order valence-corrected chi connectivity index (χ1v) is 9.09. The number of nitrogens with zero attached hydrogens (tertiary/aromatic N) is 1. The number of ether oxygens (including phenoxy) is 2. The van der Waals surface area contributed by atoms with Gasteiger partial charge in [0.05, 0.1) is 18.7 Å². The highest BCUT2D eigenvalue weighted by Crippen LogP contribution is 2.42. The number of Topliss-reactive ketones (excluding diaryl/α,β-unsaturated/α-hetero) is 1. The Morgan fingerprint density at radius 2 is 1.79 bits per heavy atom. The van der Waals surface area contributed by atoms with Gasteiger partial charge in [-0.05, 0) is 42.0 Å². The summed E-state index contributed by atoms with van der Waals surface area (Å²) < 4.78 is 10.3. The lowest BCUT2D eigenvalue weighted by atomic mass is 9.94. The van der Waals surface area contributed by atoms with Crippen LogP contribution in [-0.2, 0) is 14.4 Å². The SMILES string of the molecule is CCC(=O)C1=C(O)C(=O)N(c2ccc(OC)cc2)C1c1cccc(OC(C)=O)c1. The summed E-state index contributed by atoms with van der Waals surface area (Å²) in [6.07, 6.45) is 0.128. The average Bonchev–Trinajstić information content (AvgIpc) is 2.98. The molecule has 0 saturated carbocycles. The summed E-state index contributed by atoms with van der Waals surface area (Å²) >= 11 is 0. The van der Waals surface area contributed by atoms with Crippen molar-refractivity contribution >= 4 is 23.3 Å². The van der Waals surface area contributed by atoms with Crippen LogP contribution in [0.25, 0.3) is 0 Å². The topological polar surface area (TPSA) is 93.1 Å². The smallest absolute Gasteiger partial charge is 0.308 e. The molecule has 29 heavy (non-hydrogen) atoms. The van der Waals surface area contributed by atoms with E-state index < -0.39 is 23.7 Å². The normalized spacial score (nSPS) is 16.2. The predicted octanol–water partition coefficient (Wildman–Crippen LogP) is 3.50. The second-order valence-corrected chi connectivity index (χ2v) is 6.48. The lowest BCUT2D eigenvalue weighted by Crippen LogP contribution is -2.31. The Balaban J connectivity index is 2.13. The summed E-state index contributed by atoms with van der Waals surface area (Å²) in [5, 5.41) is 10.5. The Hall–Kier alpha value is -3.61. The third-order valence-electron chi connectivity index (χ3n) is 4.62. The summed E-state index contributed by atoms with van der Waals surface area (Å²) in [6, 6.07) is 12.4. The second-order valence-electron chi connectivity index (χ2n) is 6.48. The van der Waals surface area contributed by atoms with Crippen LogP contribution in [-0.4, -0.2) is 29.9 Å². The molecule has 0 radical (unpaired) electrons. The molecule has 1 aliphatic heterocycles. The Morgan fingerprint density at radius 1 is 1.10 bits per heavy atom. The molecule has 2 aromatic rings. The van der Waals surface area contributed by atoms with Crippen molar-refractivity contribution in [2.75, 3.05) is 12.0 Å². The van der Waals surface area contributed by atoms with Gasteiger partial charge in [0.15, 0.2) is 11.5 Å². The van der Waals surface area contributed by atoms with Gasteiger partial charge in [-0.15, -0.1) is 0 Å². The number of hydrogen-bond donors (Lipinski definition) is 1. The number of amides is 1. The van der Waals surface area contributed by atoms with Crippen LogP contribution in [0, 0.1) is 0 Å². The first-order chi connectivity index (χ1) is 13.9. The Labute approximate surface area is 168 Å². The minimum Gasteiger partial charge on any atom is -0.503 e. The first kappa shape index (κ1) is 20.1. The molecule has 7 heteroatoms. The number of methoxy groups -OCH3 is 1. The fourth-order valence-electron chi connectivity index (χ4n) is 3.32. The molecular weight excluding hydrogens is 374 g/mol. The monoisotopic (exact) mass is 395 g/mol. The van der Waals surface area contributed by atoms with Crippen molar-refractivity contribution in [2.45, 2.75) is 26.3 Å². The summed E-state index contributed by atoms with van der Waals surface area (Å²) in [4.78, 5) is 38.1. The van der Waals surface area contributed by atoms with Gasteiger partial charge in [0.2, 0.25) is 0 Å². The van der Waals surface area contributed by atoms with Crippen molar-refractivity contribution < 1.29 is 29.0 Å². The molecule has 1 aliphatic rings. The van der Waals surface area contributed by atoms with Crippen molar-refractivity contribution in [3.05, 3.63) is 65.4 Å². The van der Waals surface area contributed by atoms with Crippen LogP contribution < -0.4 is 14.4 Å². The van der Waals surface area contributed by atoms with Gasteiger partial charge in [-0.1, -0.05) is 19.1 Å². The van der Waals surface area contributed by atoms with Crippen LogP contribution in [0.15, 0.2) is 59.9 Å². The fraction of sp³-hybridized carbons (Fsp3) is 0.227. The molecule has 0 bridgehead atoms. The van der Waals surface area contributed by atoms with Gasteiger partial charge in [-0.3, -0.25) is 19.3 Å². The van der Waals surface area contributed by atoms with Crippen molar-refractivity contribution in [1.29, 1.82) is 0 Å². The first-order valence-electron chi connectivity index (χ1n) is 9.09. The fourth-order valence-corrected chi connectivity index (χ4v) is 3.32. The molecule has 1 amide bonds. The Bertz CT molecular complexity index is 993. The largest absolute Gasteiger partial charge is 0.503 e. The molecule has 7 nitrogen and oxygen atoms in total. The number of benzene rings is 2. The molecule has 0 aliphatic carbocycles. The highest BCUT2D eigenvalue weighted by molar-refractivity contribution is 6.16. The summed E-state index contributed by atoms with van der Waals surface area (Å²) in [5.74, 6) is -1.18. The highest BCUT2D eigenvalue weighted by atomic mass is 16.5. The number of ketones is 1. The number of rotatable bonds is 6. The van der Waals surface area contributed by atoms with E-state index in [1.54, 1.807) is 55.5 Å². The van der Waals surface area contributed by atoms with Crippen LogP contribution in [0.1, 0.15) is 31.9 Å². The van der Waals surface area contributed by atoms with Crippen molar-refractivity contribution in [3.63, 3.8) is 0 Å². The van der Waals surface area contributed by atoms with E-state index in [4.69, 9.17) is 9.47 Å². The lowest BCUT2D eigenvalue weighted by Gasteiger charge is -2.27. The Kier molecular flexibility index (Phi) is 5.68. The molecule has 0 aromatic heterocycles. The van der Waals surface area contributed by atoms with E-state index in [-0.39, 0.29) is 23.5 Å². The predicted molar refractivity (Wildman–Crippen MR) is 106 cm³/mol.